The first-order valence-electron chi connectivity index (χ1n) is 7.79. The second kappa shape index (κ2) is 5.71. The molecule has 5 heteroatoms. The molecule has 4 nitrogen and oxygen atoms in total. The summed E-state index contributed by atoms with van der Waals surface area (Å²) >= 11 is 0. The van der Waals surface area contributed by atoms with E-state index in [0.29, 0.717) is 5.92 Å². The van der Waals surface area contributed by atoms with Gasteiger partial charge < -0.3 is 0 Å². The van der Waals surface area contributed by atoms with E-state index in [0.717, 1.165) is 32.1 Å². The first kappa shape index (κ1) is 15.0. The monoisotopic (exact) mass is 308 g/mol. The lowest BCUT2D eigenvalue weighted by Crippen LogP contribution is -2.48. The van der Waals surface area contributed by atoms with Crippen molar-refractivity contribution in [2.45, 2.75) is 51.1 Å². The quantitative estimate of drug-likeness (QED) is 0.905. The number of benzene rings is 1. The zero-order chi connectivity index (χ0) is 15.0. The Morgan fingerprint density at radius 3 is 2.52 bits per heavy atom. The van der Waals surface area contributed by atoms with Crippen LogP contribution in [-0.2, 0) is 23.1 Å². The van der Waals surface area contributed by atoms with E-state index in [1.165, 1.54) is 15.4 Å². The third-order valence-electron chi connectivity index (χ3n) is 4.92. The average molecular weight is 308 g/mol. The summed E-state index contributed by atoms with van der Waals surface area (Å²) < 4.78 is 29.4. The fourth-order valence-electron chi connectivity index (χ4n) is 3.19. The Labute approximate surface area is 127 Å². The van der Waals surface area contributed by atoms with E-state index in [4.69, 9.17) is 0 Å². The van der Waals surface area contributed by atoms with Gasteiger partial charge in [0.25, 0.3) is 10.2 Å². The third-order valence-corrected chi connectivity index (χ3v) is 6.64. The molecule has 116 valence electrons. The van der Waals surface area contributed by atoms with Gasteiger partial charge in [0.2, 0.25) is 0 Å². The molecule has 1 saturated carbocycles. The molecule has 0 aliphatic heterocycles. The van der Waals surface area contributed by atoms with Gasteiger partial charge in [0.05, 0.1) is 0 Å². The molecule has 0 unspecified atom stereocenters. The average Bonchev–Trinajstić information content (AvgIpc) is 3.30. The van der Waals surface area contributed by atoms with Gasteiger partial charge in [-0.05, 0) is 56.1 Å². The molecule has 2 atom stereocenters. The van der Waals surface area contributed by atoms with E-state index in [1.807, 2.05) is 13.0 Å². The van der Waals surface area contributed by atoms with E-state index < -0.39 is 10.2 Å². The molecule has 1 N–H and O–H groups in total. The lowest BCUT2D eigenvalue weighted by Gasteiger charge is -2.30. The van der Waals surface area contributed by atoms with E-state index in [1.54, 1.807) is 7.05 Å². The van der Waals surface area contributed by atoms with Crippen molar-refractivity contribution in [2.75, 3.05) is 7.05 Å². The van der Waals surface area contributed by atoms with Crippen molar-refractivity contribution in [2.24, 2.45) is 5.92 Å². The number of nitrogens with zero attached hydrogens (tertiary/aromatic N) is 1. The SMILES string of the molecule is C[C@@H](C1CC1)N(C)S(=O)(=O)N[C@H]1CCc2ccccc2C1. The fourth-order valence-corrected chi connectivity index (χ4v) is 4.59. The molecule has 0 saturated heterocycles. The van der Waals surface area contributed by atoms with Gasteiger partial charge in [-0.3, -0.25) is 0 Å². The highest BCUT2D eigenvalue weighted by molar-refractivity contribution is 7.87. The zero-order valence-electron chi connectivity index (χ0n) is 12.7. The molecule has 1 fully saturated rings. The van der Waals surface area contributed by atoms with Gasteiger partial charge >= 0.3 is 0 Å². The fraction of sp³-hybridized carbons (Fsp3) is 0.625. The summed E-state index contributed by atoms with van der Waals surface area (Å²) in [6, 6.07) is 8.43. The molecule has 0 heterocycles. The predicted octanol–water partition coefficient (Wildman–Crippen LogP) is 2.11. The first-order valence-corrected chi connectivity index (χ1v) is 9.23. The molecule has 0 spiro atoms. The molecule has 0 radical (unpaired) electrons. The topological polar surface area (TPSA) is 49.4 Å². The Morgan fingerprint density at radius 1 is 1.19 bits per heavy atom. The van der Waals surface area contributed by atoms with Gasteiger partial charge in [-0.1, -0.05) is 24.3 Å². The van der Waals surface area contributed by atoms with Crippen LogP contribution in [0.3, 0.4) is 0 Å². The number of nitrogens with one attached hydrogen (secondary N) is 1. The van der Waals surface area contributed by atoms with Crippen molar-refractivity contribution in [1.29, 1.82) is 0 Å². The van der Waals surface area contributed by atoms with Gasteiger partial charge in [0.1, 0.15) is 0 Å². The van der Waals surface area contributed by atoms with Crippen LogP contribution in [0.25, 0.3) is 0 Å². The molecule has 2 aliphatic rings. The summed E-state index contributed by atoms with van der Waals surface area (Å²) in [5.41, 5.74) is 2.63. The standard InChI is InChI=1S/C16H24N2O2S/c1-12(13-7-8-13)18(2)21(19,20)17-16-10-9-14-5-3-4-6-15(14)11-16/h3-6,12-13,16-17H,7-11H2,1-2H3/t12-,16-/m0/s1. The maximum absolute atomic E-state index is 12.5. The van der Waals surface area contributed by atoms with Crippen LogP contribution in [0.5, 0.6) is 0 Å². The number of aryl methyl sites for hydroxylation is 1. The van der Waals surface area contributed by atoms with Gasteiger partial charge in [-0.25, -0.2) is 0 Å². The zero-order valence-corrected chi connectivity index (χ0v) is 13.6. The lowest BCUT2D eigenvalue weighted by atomic mass is 9.89. The number of rotatable bonds is 5. The largest absolute Gasteiger partial charge is 0.279 e. The molecule has 2 aliphatic carbocycles. The van der Waals surface area contributed by atoms with Gasteiger partial charge in [-0.15, -0.1) is 0 Å². The van der Waals surface area contributed by atoms with E-state index in [2.05, 4.69) is 22.9 Å². The normalized spacial score (nSPS) is 23.9. The van der Waals surface area contributed by atoms with E-state index in [-0.39, 0.29) is 12.1 Å². The summed E-state index contributed by atoms with van der Waals surface area (Å²) in [5.74, 6) is 0.540. The summed E-state index contributed by atoms with van der Waals surface area (Å²) in [7, 11) is -1.69. The Morgan fingerprint density at radius 2 is 1.86 bits per heavy atom. The van der Waals surface area contributed by atoms with Gasteiger partial charge in [0, 0.05) is 19.1 Å². The smallest absolute Gasteiger partial charge is 0.199 e. The molecule has 21 heavy (non-hydrogen) atoms. The third kappa shape index (κ3) is 3.30. The van der Waals surface area contributed by atoms with E-state index in [9.17, 15) is 8.42 Å². The van der Waals surface area contributed by atoms with Gasteiger partial charge in [0.15, 0.2) is 0 Å². The van der Waals surface area contributed by atoms with Crippen LogP contribution in [0.4, 0.5) is 0 Å². The second-order valence-electron chi connectivity index (χ2n) is 6.43. The molecule has 1 aromatic carbocycles. The lowest BCUT2D eigenvalue weighted by molar-refractivity contribution is 0.345. The van der Waals surface area contributed by atoms with Crippen molar-refractivity contribution in [1.82, 2.24) is 9.03 Å². The summed E-state index contributed by atoms with van der Waals surface area (Å²) in [6.45, 7) is 2.01. The van der Waals surface area contributed by atoms with Crippen LogP contribution in [-0.4, -0.2) is 31.9 Å². The summed E-state index contributed by atoms with van der Waals surface area (Å²) in [5, 5.41) is 0. The Bertz CT molecular complexity index is 610. The molecule has 0 amide bonds. The van der Waals surface area contributed by atoms with E-state index >= 15 is 0 Å². The first-order chi connectivity index (χ1) is 9.97. The Balaban J connectivity index is 1.66. The van der Waals surface area contributed by atoms with Crippen molar-refractivity contribution in [3.05, 3.63) is 35.4 Å². The molecular formula is C16H24N2O2S. The van der Waals surface area contributed by atoms with Crippen LogP contribution in [0, 0.1) is 5.92 Å². The number of fused-ring (bicyclic) bond motifs is 1. The van der Waals surface area contributed by atoms with Crippen LogP contribution in [0.2, 0.25) is 0 Å². The summed E-state index contributed by atoms with van der Waals surface area (Å²) in [4.78, 5) is 0. The molecule has 0 aromatic heterocycles. The maximum Gasteiger partial charge on any atom is 0.279 e. The van der Waals surface area contributed by atoms with Crippen molar-refractivity contribution >= 4 is 10.2 Å². The Kier molecular flexibility index (Phi) is 4.08. The van der Waals surface area contributed by atoms with Crippen LogP contribution in [0.1, 0.15) is 37.3 Å². The minimum Gasteiger partial charge on any atom is -0.199 e. The Hall–Kier alpha value is -0.910. The molecular weight excluding hydrogens is 284 g/mol. The maximum atomic E-state index is 12.5. The van der Waals surface area contributed by atoms with Crippen molar-refractivity contribution < 1.29 is 8.42 Å². The van der Waals surface area contributed by atoms with Crippen LogP contribution < -0.4 is 4.72 Å². The minimum atomic E-state index is -3.38. The van der Waals surface area contributed by atoms with Crippen molar-refractivity contribution in [3.63, 3.8) is 0 Å². The highest BCUT2D eigenvalue weighted by Crippen LogP contribution is 2.35. The molecule has 0 bridgehead atoms. The number of hydrogen-bond donors (Lipinski definition) is 1. The van der Waals surface area contributed by atoms with Crippen LogP contribution >= 0.6 is 0 Å². The molecule has 1 aromatic rings. The highest BCUT2D eigenvalue weighted by Gasteiger charge is 2.36. The number of hydrogen-bond acceptors (Lipinski definition) is 2. The predicted molar refractivity (Wildman–Crippen MR) is 84.3 cm³/mol. The van der Waals surface area contributed by atoms with Crippen LogP contribution in [0.15, 0.2) is 24.3 Å². The minimum absolute atomic E-state index is 0.0127. The molecule has 3 rings (SSSR count). The van der Waals surface area contributed by atoms with Crippen molar-refractivity contribution in [3.8, 4) is 0 Å². The second-order valence-corrected chi connectivity index (χ2v) is 8.19. The summed E-state index contributed by atoms with van der Waals surface area (Å²) in [6.07, 6.45) is 4.92. The highest BCUT2D eigenvalue weighted by atomic mass is 32.2. The van der Waals surface area contributed by atoms with Gasteiger partial charge in [-0.2, -0.15) is 17.4 Å².